The Bertz CT molecular complexity index is 1290. The molecule has 0 saturated carbocycles. The van der Waals surface area contributed by atoms with Crippen LogP contribution in [0.25, 0.3) is 0 Å². The molecule has 0 spiro atoms. The van der Waals surface area contributed by atoms with Crippen molar-refractivity contribution in [2.24, 2.45) is 0 Å². The lowest BCUT2D eigenvalue weighted by atomic mass is 10.1. The second kappa shape index (κ2) is 13.3. The van der Waals surface area contributed by atoms with E-state index < -0.39 is 5.97 Å². The Morgan fingerprint density at radius 2 is 1.28 bits per heavy atom. The predicted octanol–water partition coefficient (Wildman–Crippen LogP) is 5.15. The number of ketones is 1. The van der Waals surface area contributed by atoms with Gasteiger partial charge in [0, 0.05) is 30.0 Å². The van der Waals surface area contributed by atoms with Crippen molar-refractivity contribution < 1.29 is 23.9 Å². The van der Waals surface area contributed by atoms with Crippen molar-refractivity contribution in [3.8, 4) is 17.6 Å². The normalized spacial score (nSPS) is 9.89. The third kappa shape index (κ3) is 8.58. The van der Waals surface area contributed by atoms with Crippen molar-refractivity contribution in [1.82, 2.24) is 0 Å². The summed E-state index contributed by atoms with van der Waals surface area (Å²) in [6, 6.07) is 22.1. The number of hydrogen-bond acceptors (Lipinski definition) is 5. The van der Waals surface area contributed by atoms with Gasteiger partial charge in [-0.05, 0) is 65.6 Å². The maximum atomic E-state index is 12.2. The molecule has 0 aliphatic carbocycles. The van der Waals surface area contributed by atoms with E-state index in [1.165, 1.54) is 6.08 Å². The number of ether oxygens (including phenoxy) is 2. The van der Waals surface area contributed by atoms with Crippen LogP contribution in [0.3, 0.4) is 0 Å². The Kier molecular flexibility index (Phi) is 9.55. The molecule has 180 valence electrons. The van der Waals surface area contributed by atoms with Gasteiger partial charge in [-0.15, -0.1) is 0 Å². The Balaban J connectivity index is 1.46. The van der Waals surface area contributed by atoms with Crippen molar-refractivity contribution in [2.45, 2.75) is 25.9 Å². The first-order valence-corrected chi connectivity index (χ1v) is 11.4. The van der Waals surface area contributed by atoms with Crippen LogP contribution in [-0.4, -0.2) is 17.7 Å². The largest absolute Gasteiger partial charge is 0.458 e. The van der Waals surface area contributed by atoms with E-state index >= 15 is 0 Å². The first kappa shape index (κ1) is 25.9. The second-order valence-electron chi connectivity index (χ2n) is 7.92. The Hall–Kier alpha value is -4.69. The maximum absolute atomic E-state index is 12.2. The molecule has 0 saturated heterocycles. The molecular weight excluding hydrogens is 452 g/mol. The molecule has 0 heterocycles. The molecule has 0 aliphatic heterocycles. The van der Waals surface area contributed by atoms with Gasteiger partial charge in [0.25, 0.3) is 0 Å². The lowest BCUT2D eigenvalue weighted by Gasteiger charge is -2.06. The summed E-state index contributed by atoms with van der Waals surface area (Å²) in [5.41, 5.74) is 4.45. The minimum absolute atomic E-state index is 0.0125. The summed E-state index contributed by atoms with van der Waals surface area (Å²) < 4.78 is 10.3. The fraction of sp³-hybridized carbons (Fsp3) is 0.129. The molecule has 0 radical (unpaired) electrons. The second-order valence-corrected chi connectivity index (χ2v) is 7.92. The zero-order valence-electron chi connectivity index (χ0n) is 19.9. The van der Waals surface area contributed by atoms with Crippen LogP contribution in [0.1, 0.15) is 34.2 Å². The van der Waals surface area contributed by atoms with Gasteiger partial charge in [-0.1, -0.05) is 61.4 Å². The molecular formula is C31H26O5. The molecule has 3 aromatic rings. The minimum atomic E-state index is -0.491. The van der Waals surface area contributed by atoms with Crippen molar-refractivity contribution in [3.63, 3.8) is 0 Å². The zero-order valence-corrected chi connectivity index (χ0v) is 19.9. The first-order chi connectivity index (χ1) is 17.4. The summed E-state index contributed by atoms with van der Waals surface area (Å²) in [5.74, 6) is 5.84. The molecule has 0 bridgehead atoms. The lowest BCUT2D eigenvalue weighted by Crippen LogP contribution is -2.09. The molecule has 0 N–H and O–H groups in total. The highest BCUT2D eigenvalue weighted by Crippen LogP contribution is 2.15. The molecule has 36 heavy (non-hydrogen) atoms. The quantitative estimate of drug-likeness (QED) is 0.174. The predicted molar refractivity (Wildman–Crippen MR) is 138 cm³/mol. The molecule has 0 atom stereocenters. The Morgan fingerprint density at radius 3 is 1.83 bits per heavy atom. The number of aryl methyl sites for hydroxylation is 1. The van der Waals surface area contributed by atoms with Gasteiger partial charge in [-0.2, -0.15) is 0 Å². The zero-order chi connectivity index (χ0) is 25.8. The van der Waals surface area contributed by atoms with E-state index in [9.17, 15) is 14.4 Å². The topological polar surface area (TPSA) is 69.7 Å². The van der Waals surface area contributed by atoms with Crippen LogP contribution in [0.2, 0.25) is 0 Å². The number of rotatable bonds is 10. The van der Waals surface area contributed by atoms with E-state index in [4.69, 9.17) is 9.47 Å². The number of carbonyl (C=O) groups excluding carboxylic acids is 3. The summed E-state index contributed by atoms with van der Waals surface area (Å²) in [6.07, 6.45) is 3.56. The number of hydrogen-bond donors (Lipinski definition) is 0. The minimum Gasteiger partial charge on any atom is -0.458 e. The van der Waals surface area contributed by atoms with Gasteiger partial charge in [0.15, 0.2) is 5.78 Å². The standard InChI is InChI=1S/C31H26O5/c1-3-28(32)21-26-13-11-24(12-14-26)6-5-23-7-9-25(10-8-23)17-20-31(34)36-29-18-15-27(16-19-29)22-35-30(33)4-2/h3-4,7-16,18-19H,1-2,17,20-22H2. The molecule has 0 fully saturated rings. The SMILES string of the molecule is C=CC(=O)Cc1ccc(C#Cc2ccc(CCC(=O)Oc3ccc(COC(=O)C=C)cc3)cc2)cc1. The van der Waals surface area contributed by atoms with Crippen LogP contribution in [0.5, 0.6) is 5.75 Å². The highest BCUT2D eigenvalue weighted by molar-refractivity contribution is 5.90. The smallest absolute Gasteiger partial charge is 0.330 e. The number of benzene rings is 3. The van der Waals surface area contributed by atoms with Crippen LogP contribution in [0.4, 0.5) is 0 Å². The molecule has 3 rings (SSSR count). The van der Waals surface area contributed by atoms with Crippen LogP contribution in [0.15, 0.2) is 98.1 Å². The molecule has 0 aliphatic rings. The summed E-state index contributed by atoms with van der Waals surface area (Å²) >= 11 is 0. The number of esters is 2. The average molecular weight is 479 g/mol. The number of carbonyl (C=O) groups is 3. The van der Waals surface area contributed by atoms with Gasteiger partial charge in [0.2, 0.25) is 0 Å². The van der Waals surface area contributed by atoms with Crippen molar-refractivity contribution in [3.05, 3.63) is 126 Å². The van der Waals surface area contributed by atoms with Crippen molar-refractivity contribution in [2.75, 3.05) is 0 Å². The third-order valence-corrected chi connectivity index (χ3v) is 5.19. The maximum Gasteiger partial charge on any atom is 0.330 e. The molecule has 5 heteroatoms. The fourth-order valence-corrected chi connectivity index (χ4v) is 3.17. The summed E-state index contributed by atoms with van der Waals surface area (Å²) in [4.78, 5) is 34.8. The monoisotopic (exact) mass is 478 g/mol. The highest BCUT2D eigenvalue weighted by atomic mass is 16.5. The van der Waals surface area contributed by atoms with Crippen molar-refractivity contribution >= 4 is 17.7 Å². The van der Waals surface area contributed by atoms with Gasteiger partial charge in [-0.3, -0.25) is 9.59 Å². The molecule has 0 unspecified atom stereocenters. The van der Waals surface area contributed by atoms with Gasteiger partial charge in [-0.25, -0.2) is 4.79 Å². The molecule has 0 amide bonds. The van der Waals surface area contributed by atoms with E-state index in [0.29, 0.717) is 18.6 Å². The summed E-state index contributed by atoms with van der Waals surface area (Å²) in [5, 5.41) is 0. The molecule has 3 aromatic carbocycles. The number of allylic oxidation sites excluding steroid dienone is 1. The average Bonchev–Trinajstić information content (AvgIpc) is 2.91. The van der Waals surface area contributed by atoms with E-state index in [-0.39, 0.29) is 24.8 Å². The van der Waals surface area contributed by atoms with Crippen LogP contribution in [-0.2, 0) is 38.6 Å². The van der Waals surface area contributed by atoms with Gasteiger partial charge in [0.1, 0.15) is 12.4 Å². The molecule has 0 aromatic heterocycles. The highest BCUT2D eigenvalue weighted by Gasteiger charge is 2.07. The van der Waals surface area contributed by atoms with Crippen LogP contribution < -0.4 is 4.74 Å². The fourth-order valence-electron chi connectivity index (χ4n) is 3.17. The van der Waals surface area contributed by atoms with Crippen LogP contribution in [0, 0.1) is 11.8 Å². The Morgan fingerprint density at radius 1 is 0.722 bits per heavy atom. The van der Waals surface area contributed by atoms with Crippen molar-refractivity contribution in [1.29, 1.82) is 0 Å². The first-order valence-electron chi connectivity index (χ1n) is 11.4. The van der Waals surface area contributed by atoms with E-state index in [1.54, 1.807) is 24.3 Å². The van der Waals surface area contributed by atoms with Gasteiger partial charge < -0.3 is 9.47 Å². The lowest BCUT2D eigenvalue weighted by molar-refractivity contribution is -0.139. The van der Waals surface area contributed by atoms with Gasteiger partial charge >= 0.3 is 11.9 Å². The van der Waals surface area contributed by atoms with Crippen LogP contribution >= 0.6 is 0 Å². The summed E-state index contributed by atoms with van der Waals surface area (Å²) in [6.45, 7) is 6.96. The van der Waals surface area contributed by atoms with E-state index in [2.05, 4.69) is 25.0 Å². The third-order valence-electron chi connectivity index (χ3n) is 5.19. The van der Waals surface area contributed by atoms with Gasteiger partial charge in [0.05, 0.1) is 0 Å². The molecule has 5 nitrogen and oxygen atoms in total. The summed E-state index contributed by atoms with van der Waals surface area (Å²) in [7, 11) is 0. The Labute approximate surface area is 211 Å². The van der Waals surface area contributed by atoms with E-state index in [1.807, 2.05) is 48.5 Å². The van der Waals surface area contributed by atoms with E-state index in [0.717, 1.165) is 33.9 Å².